The number of anilines is 2. The summed E-state index contributed by atoms with van der Waals surface area (Å²) in [5, 5.41) is 0. The Morgan fingerprint density at radius 1 is 0.909 bits per heavy atom. The molecule has 0 unspecified atom stereocenters. The maximum atomic E-state index is 13.2. The standard InChI is InChI=1S/C25H21FN2O5/c26-16-8-10-17(11-9-16)27-14-15(12-22(27)29)25(32)33-19-5-3-4-18(13-19)28-23(30)20-6-1-2-7-21(20)24(28)31/h1-5,8-11,13,15,20-21H,6-7,12,14H2/t15-,20-,21+/m0/s1. The molecule has 0 radical (unpaired) electrons. The van der Waals surface area contributed by atoms with E-state index in [0.29, 0.717) is 24.2 Å². The molecular formula is C25H21FN2O5. The molecule has 0 bridgehead atoms. The third kappa shape index (κ3) is 3.82. The molecule has 168 valence electrons. The third-order valence-electron chi connectivity index (χ3n) is 6.40. The van der Waals surface area contributed by atoms with Crippen LogP contribution in [-0.4, -0.2) is 30.2 Å². The fourth-order valence-corrected chi connectivity index (χ4v) is 4.68. The summed E-state index contributed by atoms with van der Waals surface area (Å²) in [6.45, 7) is 0.127. The molecule has 0 spiro atoms. The molecule has 0 N–H and O–H groups in total. The average molecular weight is 448 g/mol. The monoisotopic (exact) mass is 448 g/mol. The highest BCUT2D eigenvalue weighted by Gasteiger charge is 2.48. The van der Waals surface area contributed by atoms with E-state index in [1.165, 1.54) is 40.1 Å². The van der Waals surface area contributed by atoms with Gasteiger partial charge in [0, 0.05) is 24.7 Å². The summed E-state index contributed by atoms with van der Waals surface area (Å²) in [5.41, 5.74) is 0.876. The predicted octanol–water partition coefficient (Wildman–Crippen LogP) is 3.24. The fourth-order valence-electron chi connectivity index (χ4n) is 4.68. The highest BCUT2D eigenvalue weighted by molar-refractivity contribution is 6.22. The van der Waals surface area contributed by atoms with E-state index in [1.54, 1.807) is 18.2 Å². The molecule has 5 rings (SSSR count). The molecule has 1 aliphatic carbocycles. The van der Waals surface area contributed by atoms with E-state index in [9.17, 15) is 23.6 Å². The van der Waals surface area contributed by atoms with Crippen molar-refractivity contribution in [3.63, 3.8) is 0 Å². The Kier molecular flexibility index (Phi) is 5.28. The highest BCUT2D eigenvalue weighted by atomic mass is 19.1. The van der Waals surface area contributed by atoms with Crippen LogP contribution in [0.25, 0.3) is 0 Å². The number of fused-ring (bicyclic) bond motifs is 1. The van der Waals surface area contributed by atoms with Gasteiger partial charge in [0.25, 0.3) is 0 Å². The summed E-state index contributed by atoms with van der Waals surface area (Å²) in [4.78, 5) is 53.4. The van der Waals surface area contributed by atoms with Crippen molar-refractivity contribution in [2.24, 2.45) is 17.8 Å². The maximum absolute atomic E-state index is 13.2. The van der Waals surface area contributed by atoms with E-state index < -0.39 is 17.7 Å². The Labute approximate surface area is 189 Å². The number of ether oxygens (including phenoxy) is 1. The van der Waals surface area contributed by atoms with Crippen LogP contribution in [0.3, 0.4) is 0 Å². The number of imide groups is 1. The lowest BCUT2D eigenvalue weighted by Crippen LogP contribution is -2.31. The molecule has 3 aliphatic rings. The molecule has 33 heavy (non-hydrogen) atoms. The van der Waals surface area contributed by atoms with Crippen molar-refractivity contribution in [2.45, 2.75) is 19.3 Å². The first kappa shape index (κ1) is 21.1. The normalized spacial score (nSPS) is 24.4. The van der Waals surface area contributed by atoms with E-state index >= 15 is 0 Å². The molecule has 2 aromatic rings. The molecule has 3 atom stereocenters. The second-order valence-electron chi connectivity index (χ2n) is 8.47. The molecule has 2 aromatic carbocycles. The number of nitrogens with zero attached hydrogens (tertiary/aromatic N) is 2. The number of esters is 1. The summed E-state index contributed by atoms with van der Waals surface area (Å²) in [7, 11) is 0. The van der Waals surface area contributed by atoms with Gasteiger partial charge in [0.05, 0.1) is 23.4 Å². The van der Waals surface area contributed by atoms with E-state index in [0.717, 1.165) is 0 Å². The van der Waals surface area contributed by atoms with E-state index in [1.807, 2.05) is 12.2 Å². The van der Waals surface area contributed by atoms with Gasteiger partial charge in [0.2, 0.25) is 17.7 Å². The smallest absolute Gasteiger partial charge is 0.316 e. The Bertz CT molecular complexity index is 1150. The van der Waals surface area contributed by atoms with Crippen LogP contribution in [0.2, 0.25) is 0 Å². The number of allylic oxidation sites excluding steroid dienone is 2. The number of hydrogen-bond acceptors (Lipinski definition) is 5. The van der Waals surface area contributed by atoms with Crippen LogP contribution in [0.15, 0.2) is 60.7 Å². The summed E-state index contributed by atoms with van der Waals surface area (Å²) >= 11 is 0. The number of carbonyl (C=O) groups is 4. The van der Waals surface area contributed by atoms with Crippen LogP contribution >= 0.6 is 0 Å². The van der Waals surface area contributed by atoms with Gasteiger partial charge in [0.15, 0.2) is 0 Å². The van der Waals surface area contributed by atoms with Gasteiger partial charge in [-0.25, -0.2) is 9.29 Å². The summed E-state index contributed by atoms with van der Waals surface area (Å²) in [5.74, 6) is -2.92. The van der Waals surface area contributed by atoms with Gasteiger partial charge in [-0.05, 0) is 49.2 Å². The molecule has 0 saturated carbocycles. The van der Waals surface area contributed by atoms with Gasteiger partial charge < -0.3 is 9.64 Å². The first-order valence-electron chi connectivity index (χ1n) is 10.8. The molecule has 2 aliphatic heterocycles. The molecule has 3 amide bonds. The molecule has 8 heteroatoms. The predicted molar refractivity (Wildman–Crippen MR) is 117 cm³/mol. The topological polar surface area (TPSA) is 84.0 Å². The van der Waals surface area contributed by atoms with Gasteiger partial charge in [-0.3, -0.25) is 19.2 Å². The number of hydrogen-bond donors (Lipinski definition) is 0. The first-order chi connectivity index (χ1) is 15.9. The van der Waals surface area contributed by atoms with Crippen LogP contribution < -0.4 is 14.5 Å². The minimum absolute atomic E-state index is 0.0185. The Hall–Kier alpha value is -3.81. The SMILES string of the molecule is O=C(Oc1cccc(N2C(=O)[C@H]3CC=CC[C@H]3C2=O)c1)[C@H]1CC(=O)N(c2ccc(F)cc2)C1. The minimum Gasteiger partial charge on any atom is -0.426 e. The van der Waals surface area contributed by atoms with Crippen molar-refractivity contribution < 1.29 is 28.3 Å². The number of carbonyl (C=O) groups excluding carboxylic acids is 4. The molecule has 2 heterocycles. The molecular weight excluding hydrogens is 427 g/mol. The van der Waals surface area contributed by atoms with Crippen LogP contribution in [0.4, 0.5) is 15.8 Å². The van der Waals surface area contributed by atoms with Crippen LogP contribution in [-0.2, 0) is 19.2 Å². The lowest BCUT2D eigenvalue weighted by Gasteiger charge is -2.17. The quantitative estimate of drug-likeness (QED) is 0.310. The average Bonchev–Trinajstić information content (AvgIpc) is 3.32. The molecule has 2 fully saturated rings. The van der Waals surface area contributed by atoms with Gasteiger partial charge in [0.1, 0.15) is 11.6 Å². The van der Waals surface area contributed by atoms with E-state index in [4.69, 9.17) is 4.74 Å². The van der Waals surface area contributed by atoms with E-state index in [2.05, 4.69) is 0 Å². The summed E-state index contributed by atoms with van der Waals surface area (Å²) in [6.07, 6.45) is 4.91. The molecule has 7 nitrogen and oxygen atoms in total. The minimum atomic E-state index is -0.685. The number of amides is 3. The van der Waals surface area contributed by atoms with Crippen molar-refractivity contribution in [3.05, 3.63) is 66.5 Å². The van der Waals surface area contributed by atoms with Gasteiger partial charge in [-0.15, -0.1) is 0 Å². The van der Waals surface area contributed by atoms with Crippen LogP contribution in [0.1, 0.15) is 19.3 Å². The van der Waals surface area contributed by atoms with Crippen molar-refractivity contribution in [1.82, 2.24) is 0 Å². The number of benzene rings is 2. The first-order valence-corrected chi connectivity index (χ1v) is 10.8. The van der Waals surface area contributed by atoms with Crippen molar-refractivity contribution in [3.8, 4) is 5.75 Å². The second-order valence-corrected chi connectivity index (χ2v) is 8.47. The number of rotatable bonds is 4. The van der Waals surface area contributed by atoms with Crippen molar-refractivity contribution in [2.75, 3.05) is 16.3 Å². The van der Waals surface area contributed by atoms with Crippen molar-refractivity contribution in [1.29, 1.82) is 0 Å². The van der Waals surface area contributed by atoms with Gasteiger partial charge in [-0.2, -0.15) is 0 Å². The largest absolute Gasteiger partial charge is 0.426 e. The zero-order valence-electron chi connectivity index (χ0n) is 17.6. The summed E-state index contributed by atoms with van der Waals surface area (Å²) < 4.78 is 18.7. The lowest BCUT2D eigenvalue weighted by atomic mass is 9.85. The number of halogens is 1. The Morgan fingerprint density at radius 3 is 2.24 bits per heavy atom. The highest BCUT2D eigenvalue weighted by Crippen LogP contribution is 2.38. The zero-order valence-corrected chi connectivity index (χ0v) is 17.6. The van der Waals surface area contributed by atoms with Crippen LogP contribution in [0.5, 0.6) is 5.75 Å². The second kappa shape index (κ2) is 8.27. The fraction of sp³-hybridized carbons (Fsp3) is 0.280. The van der Waals surface area contributed by atoms with Gasteiger partial charge >= 0.3 is 5.97 Å². The zero-order chi connectivity index (χ0) is 23.1. The maximum Gasteiger partial charge on any atom is 0.316 e. The lowest BCUT2D eigenvalue weighted by molar-refractivity contribution is -0.139. The van der Waals surface area contributed by atoms with E-state index in [-0.39, 0.29) is 48.3 Å². The van der Waals surface area contributed by atoms with Crippen molar-refractivity contribution >= 4 is 35.1 Å². The van der Waals surface area contributed by atoms with Gasteiger partial charge in [-0.1, -0.05) is 18.2 Å². The summed E-state index contributed by atoms with van der Waals surface area (Å²) in [6, 6.07) is 11.8. The Morgan fingerprint density at radius 2 is 1.58 bits per heavy atom. The molecule has 0 aromatic heterocycles. The molecule has 2 saturated heterocycles. The third-order valence-corrected chi connectivity index (χ3v) is 6.40. The van der Waals surface area contributed by atoms with Crippen LogP contribution in [0, 0.1) is 23.6 Å². The Balaban J connectivity index is 1.29.